The van der Waals surface area contributed by atoms with E-state index >= 15 is 0 Å². The summed E-state index contributed by atoms with van der Waals surface area (Å²) in [7, 11) is 0. The van der Waals surface area contributed by atoms with Gasteiger partial charge in [0.2, 0.25) is 0 Å². The first-order valence-electron chi connectivity index (χ1n) is 10.3. The highest BCUT2D eigenvalue weighted by molar-refractivity contribution is 7.07. The normalized spacial score (nSPS) is 15.3. The SMILES string of the molecule is CCOC(=O)C(NC(=O)Nc1ccc(C)cc1C(=O)C1CCCCC1)c1cscn1. The highest BCUT2D eigenvalue weighted by Gasteiger charge is 2.28. The van der Waals surface area contributed by atoms with Crippen LogP contribution in [-0.2, 0) is 9.53 Å². The van der Waals surface area contributed by atoms with E-state index < -0.39 is 18.0 Å². The number of hydrogen-bond acceptors (Lipinski definition) is 6. The lowest BCUT2D eigenvalue weighted by Gasteiger charge is -2.22. The van der Waals surface area contributed by atoms with Crippen LogP contribution in [0.3, 0.4) is 0 Å². The molecule has 1 aliphatic rings. The Kier molecular flexibility index (Phi) is 7.57. The van der Waals surface area contributed by atoms with Crippen LogP contribution in [0.15, 0.2) is 29.1 Å². The van der Waals surface area contributed by atoms with Crippen LogP contribution < -0.4 is 10.6 Å². The van der Waals surface area contributed by atoms with Crippen molar-refractivity contribution >= 4 is 34.8 Å². The Hall–Kier alpha value is -2.74. The van der Waals surface area contributed by atoms with Crippen LogP contribution in [-0.4, -0.2) is 29.4 Å². The van der Waals surface area contributed by atoms with Crippen LogP contribution in [0.1, 0.15) is 66.7 Å². The van der Waals surface area contributed by atoms with Crippen molar-refractivity contribution < 1.29 is 19.1 Å². The smallest absolute Gasteiger partial charge is 0.335 e. The first kappa shape index (κ1) is 22.0. The molecule has 1 aliphatic carbocycles. The van der Waals surface area contributed by atoms with Crippen molar-refractivity contribution in [1.82, 2.24) is 10.3 Å². The van der Waals surface area contributed by atoms with Gasteiger partial charge in [-0.25, -0.2) is 14.6 Å². The number of nitrogens with zero attached hydrogens (tertiary/aromatic N) is 1. The summed E-state index contributed by atoms with van der Waals surface area (Å²) in [6.45, 7) is 3.81. The third-order valence-electron chi connectivity index (χ3n) is 5.21. The molecule has 1 fully saturated rings. The number of carbonyl (C=O) groups excluding carboxylic acids is 3. The Morgan fingerprint density at radius 1 is 1.23 bits per heavy atom. The molecule has 0 aliphatic heterocycles. The Balaban J connectivity index is 1.77. The number of aryl methyl sites for hydroxylation is 1. The molecule has 0 spiro atoms. The maximum Gasteiger partial charge on any atom is 0.335 e. The van der Waals surface area contributed by atoms with Gasteiger partial charge in [0, 0.05) is 16.9 Å². The van der Waals surface area contributed by atoms with Crippen LogP contribution >= 0.6 is 11.3 Å². The maximum absolute atomic E-state index is 13.1. The number of benzene rings is 1. The number of amides is 2. The lowest BCUT2D eigenvalue weighted by atomic mass is 9.83. The molecule has 2 amide bonds. The van der Waals surface area contributed by atoms with E-state index in [0.29, 0.717) is 16.9 Å². The van der Waals surface area contributed by atoms with Crippen LogP contribution in [0.2, 0.25) is 0 Å². The number of rotatable bonds is 7. The zero-order chi connectivity index (χ0) is 21.5. The van der Waals surface area contributed by atoms with Gasteiger partial charge in [-0.3, -0.25) is 4.79 Å². The van der Waals surface area contributed by atoms with E-state index in [1.807, 2.05) is 19.1 Å². The van der Waals surface area contributed by atoms with Gasteiger partial charge >= 0.3 is 12.0 Å². The molecular weight excluding hydrogens is 402 g/mol. The minimum absolute atomic E-state index is 0.00792. The number of anilines is 1. The molecular formula is C22H27N3O4S. The molecule has 1 unspecified atom stereocenters. The topological polar surface area (TPSA) is 97.4 Å². The summed E-state index contributed by atoms with van der Waals surface area (Å²) in [5.41, 5.74) is 3.90. The third-order valence-corrected chi connectivity index (χ3v) is 5.81. The molecule has 1 aromatic carbocycles. The number of esters is 1. The number of ketones is 1. The van der Waals surface area contributed by atoms with Gasteiger partial charge in [0.1, 0.15) is 0 Å². The number of Topliss-reactive ketones (excluding diaryl/α,β-unsaturated/α-hetero) is 1. The summed E-state index contributed by atoms with van der Waals surface area (Å²) >= 11 is 1.32. The van der Waals surface area contributed by atoms with Crippen molar-refractivity contribution in [3.05, 3.63) is 45.9 Å². The summed E-state index contributed by atoms with van der Waals surface area (Å²) in [4.78, 5) is 42.2. The molecule has 30 heavy (non-hydrogen) atoms. The number of aromatic nitrogens is 1. The van der Waals surface area contributed by atoms with Gasteiger partial charge in [0.05, 0.1) is 23.5 Å². The van der Waals surface area contributed by atoms with Crippen molar-refractivity contribution in [2.75, 3.05) is 11.9 Å². The van der Waals surface area contributed by atoms with Gasteiger partial charge in [0.15, 0.2) is 11.8 Å². The van der Waals surface area contributed by atoms with Crippen molar-refractivity contribution in [3.63, 3.8) is 0 Å². The zero-order valence-electron chi connectivity index (χ0n) is 17.3. The number of ether oxygens (including phenoxy) is 1. The van der Waals surface area contributed by atoms with E-state index in [9.17, 15) is 14.4 Å². The first-order valence-corrected chi connectivity index (χ1v) is 11.2. The van der Waals surface area contributed by atoms with E-state index in [2.05, 4.69) is 15.6 Å². The second-order valence-electron chi connectivity index (χ2n) is 7.45. The number of hydrogen-bond donors (Lipinski definition) is 2. The Morgan fingerprint density at radius 3 is 2.67 bits per heavy atom. The molecule has 7 nitrogen and oxygen atoms in total. The average molecular weight is 430 g/mol. The quantitative estimate of drug-likeness (QED) is 0.494. The molecule has 8 heteroatoms. The van der Waals surface area contributed by atoms with E-state index in [4.69, 9.17) is 4.74 Å². The number of nitrogens with one attached hydrogen (secondary N) is 2. The fourth-order valence-corrected chi connectivity index (χ4v) is 4.27. The van der Waals surface area contributed by atoms with E-state index in [1.165, 1.54) is 11.3 Å². The zero-order valence-corrected chi connectivity index (χ0v) is 18.1. The summed E-state index contributed by atoms with van der Waals surface area (Å²) in [5, 5.41) is 7.05. The van der Waals surface area contributed by atoms with E-state index in [-0.39, 0.29) is 18.3 Å². The Labute approximate surface area is 180 Å². The van der Waals surface area contributed by atoms with Crippen LogP contribution in [0.4, 0.5) is 10.5 Å². The molecule has 0 bridgehead atoms. The summed E-state index contributed by atoms with van der Waals surface area (Å²) in [5.74, 6) is -0.525. The monoisotopic (exact) mass is 429 g/mol. The molecule has 0 radical (unpaired) electrons. The first-order chi connectivity index (χ1) is 14.5. The van der Waals surface area contributed by atoms with Gasteiger partial charge in [-0.2, -0.15) is 0 Å². The summed E-state index contributed by atoms with van der Waals surface area (Å²) in [6.07, 6.45) is 5.04. The van der Waals surface area contributed by atoms with Crippen LogP contribution in [0, 0.1) is 12.8 Å². The Bertz CT molecular complexity index is 892. The second-order valence-corrected chi connectivity index (χ2v) is 8.16. The molecule has 1 heterocycles. The molecule has 3 rings (SSSR count). The Morgan fingerprint density at radius 2 is 2.00 bits per heavy atom. The van der Waals surface area contributed by atoms with E-state index in [1.54, 1.807) is 23.9 Å². The molecule has 2 aromatic rings. The largest absolute Gasteiger partial charge is 0.464 e. The fraction of sp³-hybridized carbons (Fsp3) is 0.455. The lowest BCUT2D eigenvalue weighted by Crippen LogP contribution is -2.38. The van der Waals surface area contributed by atoms with Crippen molar-refractivity contribution in [2.45, 2.75) is 52.0 Å². The number of urea groups is 1. The molecule has 1 saturated carbocycles. The molecule has 2 N–H and O–H groups in total. The minimum Gasteiger partial charge on any atom is -0.464 e. The van der Waals surface area contributed by atoms with Gasteiger partial charge in [-0.1, -0.05) is 30.9 Å². The lowest BCUT2D eigenvalue weighted by molar-refractivity contribution is -0.145. The highest BCUT2D eigenvalue weighted by Crippen LogP contribution is 2.30. The summed E-state index contributed by atoms with van der Waals surface area (Å²) < 4.78 is 5.07. The molecule has 0 saturated heterocycles. The predicted molar refractivity (Wildman–Crippen MR) is 116 cm³/mol. The molecule has 1 atom stereocenters. The standard InChI is InChI=1S/C22H27N3O4S/c1-3-29-21(27)19(18-12-30-13-23-18)25-22(28)24-17-10-9-14(2)11-16(17)20(26)15-7-5-4-6-8-15/h9-13,15,19H,3-8H2,1-2H3,(H2,24,25,28). The van der Waals surface area contributed by atoms with Gasteiger partial charge in [-0.15, -0.1) is 11.3 Å². The average Bonchev–Trinajstić information content (AvgIpc) is 3.28. The van der Waals surface area contributed by atoms with Crippen LogP contribution in [0.5, 0.6) is 0 Å². The third kappa shape index (κ3) is 5.44. The minimum atomic E-state index is -1.01. The predicted octanol–water partition coefficient (Wildman–Crippen LogP) is 4.64. The van der Waals surface area contributed by atoms with Gasteiger partial charge in [0.25, 0.3) is 0 Å². The van der Waals surface area contributed by atoms with Crippen molar-refractivity contribution in [1.29, 1.82) is 0 Å². The molecule has 1 aromatic heterocycles. The number of carbonyl (C=O) groups is 3. The van der Waals surface area contributed by atoms with Gasteiger partial charge < -0.3 is 15.4 Å². The van der Waals surface area contributed by atoms with Crippen molar-refractivity contribution in [3.8, 4) is 0 Å². The second kappa shape index (κ2) is 10.3. The number of thiazole rings is 1. The highest BCUT2D eigenvalue weighted by atomic mass is 32.1. The maximum atomic E-state index is 13.1. The summed E-state index contributed by atoms with van der Waals surface area (Å²) in [6, 6.07) is 3.78. The van der Waals surface area contributed by atoms with E-state index in [0.717, 1.165) is 37.7 Å². The molecule has 160 valence electrons. The van der Waals surface area contributed by atoms with Crippen molar-refractivity contribution in [2.24, 2.45) is 5.92 Å². The van der Waals surface area contributed by atoms with Gasteiger partial charge in [-0.05, 0) is 38.8 Å². The van der Waals surface area contributed by atoms with Crippen LogP contribution in [0.25, 0.3) is 0 Å². The fourth-order valence-electron chi connectivity index (χ4n) is 3.69.